The minimum Gasteiger partial charge on any atom is -0.452 e. The van der Waals surface area contributed by atoms with Crippen LogP contribution in [0.15, 0.2) is 18.2 Å². The highest BCUT2D eigenvalue weighted by atomic mass is 16.5. The number of carbonyl (C=O) groups excluding carboxylic acids is 2. The molecule has 1 aromatic heterocycles. The van der Waals surface area contributed by atoms with Gasteiger partial charge in [-0.3, -0.25) is 9.78 Å². The average molecular weight is 405 g/mol. The first kappa shape index (κ1) is 20.3. The number of nitrogens with one attached hydrogen (secondary N) is 1. The van der Waals surface area contributed by atoms with Crippen LogP contribution in [0.3, 0.4) is 0 Å². The normalized spacial score (nSPS) is 17.6. The van der Waals surface area contributed by atoms with E-state index in [-0.39, 0.29) is 6.61 Å². The first-order chi connectivity index (χ1) is 14.5. The van der Waals surface area contributed by atoms with Gasteiger partial charge >= 0.3 is 5.97 Å². The van der Waals surface area contributed by atoms with Crippen LogP contribution in [0.1, 0.15) is 72.1 Å². The van der Waals surface area contributed by atoms with Crippen LogP contribution in [0, 0.1) is 18.3 Å². The van der Waals surface area contributed by atoms with Crippen molar-refractivity contribution in [2.24, 2.45) is 0 Å². The number of nitriles is 1. The lowest BCUT2D eigenvalue weighted by molar-refractivity contribution is -0.125. The van der Waals surface area contributed by atoms with E-state index in [1.807, 2.05) is 25.1 Å². The molecule has 30 heavy (non-hydrogen) atoms. The second-order valence-electron chi connectivity index (χ2n) is 8.52. The fourth-order valence-electron chi connectivity index (χ4n) is 4.70. The van der Waals surface area contributed by atoms with Crippen molar-refractivity contribution in [3.8, 4) is 6.07 Å². The highest BCUT2D eigenvalue weighted by molar-refractivity contribution is 6.05. The number of nitrogens with zero attached hydrogens (tertiary/aromatic N) is 2. The van der Waals surface area contributed by atoms with E-state index in [4.69, 9.17) is 9.72 Å². The molecule has 6 heteroatoms. The highest BCUT2D eigenvalue weighted by Crippen LogP contribution is 2.31. The predicted octanol–water partition coefficient (Wildman–Crippen LogP) is 3.92. The molecule has 1 aromatic carbocycles. The summed E-state index contributed by atoms with van der Waals surface area (Å²) in [5, 5.41) is 13.1. The molecule has 4 rings (SSSR count). The van der Waals surface area contributed by atoms with Crippen LogP contribution < -0.4 is 5.32 Å². The average Bonchev–Trinajstić information content (AvgIpc) is 2.76. The molecule has 2 aliphatic carbocycles. The monoisotopic (exact) mass is 405 g/mol. The van der Waals surface area contributed by atoms with E-state index in [0.717, 1.165) is 72.7 Å². The predicted molar refractivity (Wildman–Crippen MR) is 113 cm³/mol. The zero-order chi connectivity index (χ0) is 21.1. The molecule has 0 unspecified atom stereocenters. The number of hydrogen-bond acceptors (Lipinski definition) is 5. The summed E-state index contributed by atoms with van der Waals surface area (Å²) < 4.78 is 5.45. The number of aryl methyl sites for hydroxylation is 2. The van der Waals surface area contributed by atoms with Gasteiger partial charge in [0.2, 0.25) is 0 Å². The van der Waals surface area contributed by atoms with Gasteiger partial charge in [-0.25, -0.2) is 4.79 Å². The molecule has 2 aromatic rings. The molecule has 1 fully saturated rings. The van der Waals surface area contributed by atoms with Crippen molar-refractivity contribution in [1.82, 2.24) is 10.3 Å². The largest absolute Gasteiger partial charge is 0.452 e. The number of aromatic nitrogens is 1. The third kappa shape index (κ3) is 4.02. The number of fused-ring (bicyclic) bond motifs is 2. The molecule has 0 atom stereocenters. The molecular weight excluding hydrogens is 378 g/mol. The smallest absolute Gasteiger partial charge is 0.339 e. The van der Waals surface area contributed by atoms with Gasteiger partial charge in [0.05, 0.1) is 17.1 Å². The van der Waals surface area contributed by atoms with Gasteiger partial charge in [0.1, 0.15) is 5.54 Å². The Labute approximate surface area is 176 Å². The minimum absolute atomic E-state index is 0.382. The van der Waals surface area contributed by atoms with Gasteiger partial charge in [-0.1, -0.05) is 30.9 Å². The third-order valence-corrected chi connectivity index (χ3v) is 6.26. The summed E-state index contributed by atoms with van der Waals surface area (Å²) in [4.78, 5) is 30.3. The SMILES string of the molecule is Cc1ccc2nc3c(c(C(=O)OCC(=O)NC4(C#N)CCCCC4)c2c1)CCCC3. The Balaban J connectivity index is 1.55. The number of benzene rings is 1. The minimum atomic E-state index is -0.832. The van der Waals surface area contributed by atoms with Crippen LogP contribution in [-0.4, -0.2) is 29.0 Å². The maximum absolute atomic E-state index is 13.1. The maximum Gasteiger partial charge on any atom is 0.339 e. The first-order valence-corrected chi connectivity index (χ1v) is 10.8. The van der Waals surface area contributed by atoms with Crippen molar-refractivity contribution in [1.29, 1.82) is 5.26 Å². The summed E-state index contributed by atoms with van der Waals surface area (Å²) in [6.45, 7) is 1.60. The number of pyridine rings is 1. The quantitative estimate of drug-likeness (QED) is 0.779. The van der Waals surface area contributed by atoms with Gasteiger partial charge in [0.25, 0.3) is 5.91 Å². The van der Waals surface area contributed by atoms with Gasteiger partial charge in [-0.2, -0.15) is 5.26 Å². The van der Waals surface area contributed by atoms with Gasteiger partial charge in [-0.15, -0.1) is 0 Å². The third-order valence-electron chi connectivity index (χ3n) is 6.26. The summed E-state index contributed by atoms with van der Waals surface area (Å²) in [5.74, 6) is -0.911. The van der Waals surface area contributed by atoms with Crippen molar-refractivity contribution in [2.75, 3.05) is 6.61 Å². The van der Waals surface area contributed by atoms with Crippen LogP contribution >= 0.6 is 0 Å². The van der Waals surface area contributed by atoms with Crippen LogP contribution in [0.4, 0.5) is 0 Å². The second-order valence-corrected chi connectivity index (χ2v) is 8.52. The summed E-state index contributed by atoms with van der Waals surface area (Å²) in [6, 6.07) is 8.14. The summed E-state index contributed by atoms with van der Waals surface area (Å²) >= 11 is 0. The van der Waals surface area contributed by atoms with Crippen LogP contribution in [0.25, 0.3) is 10.9 Å². The van der Waals surface area contributed by atoms with Crippen molar-refractivity contribution in [3.05, 3.63) is 40.6 Å². The fourth-order valence-corrected chi connectivity index (χ4v) is 4.70. The molecule has 0 bridgehead atoms. The number of ether oxygens (including phenoxy) is 1. The Morgan fingerprint density at radius 2 is 1.93 bits per heavy atom. The Morgan fingerprint density at radius 1 is 1.17 bits per heavy atom. The molecule has 0 spiro atoms. The molecule has 0 radical (unpaired) electrons. The van der Waals surface area contributed by atoms with Crippen molar-refractivity contribution in [3.63, 3.8) is 0 Å². The lowest BCUT2D eigenvalue weighted by Gasteiger charge is -2.31. The topological polar surface area (TPSA) is 92.1 Å². The molecule has 1 saturated carbocycles. The lowest BCUT2D eigenvalue weighted by atomic mass is 9.83. The molecule has 1 heterocycles. The zero-order valence-electron chi connectivity index (χ0n) is 17.4. The van der Waals surface area contributed by atoms with Crippen LogP contribution in [0.2, 0.25) is 0 Å². The maximum atomic E-state index is 13.1. The Kier molecular flexibility index (Phi) is 5.72. The lowest BCUT2D eigenvalue weighted by Crippen LogP contribution is -2.50. The molecule has 156 valence electrons. The number of esters is 1. The Hall–Kier alpha value is -2.94. The number of carbonyl (C=O) groups is 2. The molecule has 0 aliphatic heterocycles. The van der Waals surface area contributed by atoms with Crippen LogP contribution in [-0.2, 0) is 22.4 Å². The van der Waals surface area contributed by atoms with Crippen molar-refractivity contribution >= 4 is 22.8 Å². The van der Waals surface area contributed by atoms with E-state index in [0.29, 0.717) is 18.4 Å². The molecular formula is C24H27N3O3. The van der Waals surface area contributed by atoms with Gasteiger partial charge in [0, 0.05) is 11.1 Å². The number of hydrogen-bond donors (Lipinski definition) is 1. The van der Waals surface area contributed by atoms with Gasteiger partial charge < -0.3 is 10.1 Å². The van der Waals surface area contributed by atoms with E-state index in [9.17, 15) is 14.9 Å². The molecule has 2 aliphatic rings. The Bertz CT molecular complexity index is 1030. The van der Waals surface area contributed by atoms with E-state index < -0.39 is 17.4 Å². The first-order valence-electron chi connectivity index (χ1n) is 10.8. The molecule has 1 N–H and O–H groups in total. The highest BCUT2D eigenvalue weighted by Gasteiger charge is 2.34. The van der Waals surface area contributed by atoms with Gasteiger partial charge in [0.15, 0.2) is 6.61 Å². The molecule has 6 nitrogen and oxygen atoms in total. The van der Waals surface area contributed by atoms with Crippen LogP contribution in [0.5, 0.6) is 0 Å². The fraction of sp³-hybridized carbons (Fsp3) is 0.500. The summed E-state index contributed by atoms with van der Waals surface area (Å²) in [7, 11) is 0. The van der Waals surface area contributed by atoms with Gasteiger partial charge in [-0.05, 0) is 63.1 Å². The Morgan fingerprint density at radius 3 is 2.70 bits per heavy atom. The summed E-state index contributed by atoms with van der Waals surface area (Å²) in [5.41, 5.74) is 3.44. The number of amides is 1. The molecule has 1 amide bonds. The standard InChI is InChI=1S/C24H27N3O3/c1-16-9-10-20-18(13-16)22(17-7-3-4-8-19(17)26-20)23(29)30-14-21(28)27-24(15-25)11-5-2-6-12-24/h9-10,13H,2-8,11-12,14H2,1H3,(H,27,28). The van der Waals surface area contributed by atoms with E-state index in [1.54, 1.807) is 0 Å². The van der Waals surface area contributed by atoms with Crippen molar-refractivity contribution < 1.29 is 14.3 Å². The number of rotatable bonds is 4. The zero-order valence-corrected chi connectivity index (χ0v) is 17.4. The van der Waals surface area contributed by atoms with E-state index >= 15 is 0 Å². The van der Waals surface area contributed by atoms with Crippen molar-refractivity contribution in [2.45, 2.75) is 70.3 Å². The summed E-state index contributed by atoms with van der Waals surface area (Å²) in [6.07, 6.45) is 7.92. The second kappa shape index (κ2) is 8.43. The van der Waals surface area contributed by atoms with E-state index in [2.05, 4.69) is 11.4 Å². The van der Waals surface area contributed by atoms with E-state index in [1.165, 1.54) is 0 Å². The molecule has 0 saturated heterocycles.